The quantitative estimate of drug-likeness (QED) is 0.860. The molecule has 0 saturated heterocycles. The van der Waals surface area contributed by atoms with Crippen molar-refractivity contribution in [3.8, 4) is 10.4 Å². The van der Waals surface area contributed by atoms with Gasteiger partial charge in [0, 0.05) is 16.1 Å². The summed E-state index contributed by atoms with van der Waals surface area (Å²) in [6.45, 7) is 5.78. The van der Waals surface area contributed by atoms with Gasteiger partial charge >= 0.3 is 11.9 Å². The SMILES string of the molecule is CCOC(=O)c1[nH]c(C)c(C(=O)OCC)c1-c1cccs1. The number of hydrogen-bond donors (Lipinski definition) is 1. The third-order valence-electron chi connectivity index (χ3n) is 2.91. The third kappa shape index (κ3) is 3.00. The molecule has 0 atom stereocenters. The van der Waals surface area contributed by atoms with Gasteiger partial charge < -0.3 is 14.5 Å². The number of carbonyl (C=O) groups excluding carboxylic acids is 2. The lowest BCUT2D eigenvalue weighted by Crippen LogP contribution is -2.08. The average molecular weight is 307 g/mol. The number of aryl methyl sites for hydroxylation is 1. The summed E-state index contributed by atoms with van der Waals surface area (Å²) < 4.78 is 10.2. The molecule has 0 aliphatic rings. The predicted molar refractivity (Wildman–Crippen MR) is 80.8 cm³/mol. The Morgan fingerprint density at radius 2 is 1.86 bits per heavy atom. The monoisotopic (exact) mass is 307 g/mol. The molecule has 2 heterocycles. The topological polar surface area (TPSA) is 68.4 Å². The van der Waals surface area contributed by atoms with E-state index in [0.717, 1.165) is 4.88 Å². The van der Waals surface area contributed by atoms with Gasteiger partial charge in [-0.2, -0.15) is 0 Å². The van der Waals surface area contributed by atoms with Crippen molar-refractivity contribution in [1.82, 2.24) is 4.98 Å². The number of carbonyl (C=O) groups is 2. The molecule has 0 aliphatic carbocycles. The van der Waals surface area contributed by atoms with Gasteiger partial charge in [-0.1, -0.05) is 6.07 Å². The molecule has 1 N–H and O–H groups in total. The number of H-pyrrole nitrogens is 1. The van der Waals surface area contributed by atoms with Crippen LogP contribution in [0.2, 0.25) is 0 Å². The maximum absolute atomic E-state index is 12.2. The van der Waals surface area contributed by atoms with Crippen molar-refractivity contribution in [3.63, 3.8) is 0 Å². The zero-order valence-corrected chi connectivity index (χ0v) is 13.0. The summed E-state index contributed by atoms with van der Waals surface area (Å²) in [5, 5.41) is 1.89. The summed E-state index contributed by atoms with van der Waals surface area (Å²) in [6.07, 6.45) is 0. The standard InChI is InChI=1S/C15H17NO4S/c1-4-19-14(17)11-9(3)16-13(15(18)20-5-2)12(11)10-7-6-8-21-10/h6-8,16H,4-5H2,1-3H3. The first-order valence-corrected chi connectivity index (χ1v) is 7.58. The first kappa shape index (κ1) is 15.3. The molecular formula is C15H17NO4S. The molecule has 0 saturated carbocycles. The minimum Gasteiger partial charge on any atom is -0.462 e. The summed E-state index contributed by atoms with van der Waals surface area (Å²) in [7, 11) is 0. The maximum atomic E-state index is 12.2. The molecule has 2 aromatic rings. The number of thiophene rings is 1. The van der Waals surface area contributed by atoms with Crippen LogP contribution in [0.1, 0.15) is 40.4 Å². The lowest BCUT2D eigenvalue weighted by atomic mass is 10.1. The van der Waals surface area contributed by atoms with Gasteiger partial charge in [0.1, 0.15) is 5.69 Å². The molecule has 2 aromatic heterocycles. The first-order chi connectivity index (χ1) is 10.1. The minimum absolute atomic E-state index is 0.273. The van der Waals surface area contributed by atoms with Crippen LogP contribution in [-0.2, 0) is 9.47 Å². The smallest absolute Gasteiger partial charge is 0.355 e. The van der Waals surface area contributed by atoms with E-state index >= 15 is 0 Å². The van der Waals surface area contributed by atoms with Crippen LogP contribution in [0.3, 0.4) is 0 Å². The van der Waals surface area contributed by atoms with E-state index in [9.17, 15) is 9.59 Å². The molecule has 0 spiro atoms. The fourth-order valence-electron chi connectivity index (χ4n) is 2.11. The number of ether oxygens (including phenoxy) is 2. The normalized spacial score (nSPS) is 10.4. The van der Waals surface area contributed by atoms with Gasteiger partial charge in [0.15, 0.2) is 0 Å². The van der Waals surface area contributed by atoms with Gasteiger partial charge in [-0.15, -0.1) is 11.3 Å². The second-order valence-electron chi connectivity index (χ2n) is 4.29. The number of nitrogens with one attached hydrogen (secondary N) is 1. The number of hydrogen-bond acceptors (Lipinski definition) is 5. The maximum Gasteiger partial charge on any atom is 0.355 e. The summed E-state index contributed by atoms with van der Waals surface area (Å²) in [4.78, 5) is 28.1. The number of esters is 2. The Balaban J connectivity index is 2.60. The van der Waals surface area contributed by atoms with Gasteiger partial charge in [0.2, 0.25) is 0 Å². The fourth-order valence-corrected chi connectivity index (χ4v) is 2.89. The molecule has 0 aromatic carbocycles. The molecule has 5 nitrogen and oxygen atoms in total. The number of rotatable bonds is 5. The highest BCUT2D eigenvalue weighted by molar-refractivity contribution is 7.13. The minimum atomic E-state index is -0.473. The van der Waals surface area contributed by atoms with Crippen LogP contribution in [-0.4, -0.2) is 30.1 Å². The molecule has 21 heavy (non-hydrogen) atoms. The van der Waals surface area contributed by atoms with E-state index in [0.29, 0.717) is 22.5 Å². The lowest BCUT2D eigenvalue weighted by Gasteiger charge is -2.05. The summed E-state index contributed by atoms with van der Waals surface area (Å²) in [5.74, 6) is -0.912. The van der Waals surface area contributed by atoms with Crippen molar-refractivity contribution in [2.24, 2.45) is 0 Å². The van der Waals surface area contributed by atoms with Gasteiger partial charge in [0.05, 0.1) is 18.8 Å². The second-order valence-corrected chi connectivity index (χ2v) is 5.24. The molecule has 0 amide bonds. The van der Waals surface area contributed by atoms with Crippen molar-refractivity contribution >= 4 is 23.3 Å². The van der Waals surface area contributed by atoms with Gasteiger partial charge in [-0.3, -0.25) is 0 Å². The highest BCUT2D eigenvalue weighted by atomic mass is 32.1. The van der Waals surface area contributed by atoms with Crippen LogP contribution in [0, 0.1) is 6.92 Å². The number of aromatic amines is 1. The van der Waals surface area contributed by atoms with Crippen molar-refractivity contribution in [2.75, 3.05) is 13.2 Å². The fraction of sp³-hybridized carbons (Fsp3) is 0.333. The summed E-state index contributed by atoms with van der Waals surface area (Å²) >= 11 is 1.45. The molecule has 0 fully saturated rings. The van der Waals surface area contributed by atoms with Crippen molar-refractivity contribution < 1.29 is 19.1 Å². The largest absolute Gasteiger partial charge is 0.462 e. The lowest BCUT2D eigenvalue weighted by molar-refractivity contribution is 0.0518. The van der Waals surface area contributed by atoms with E-state index in [4.69, 9.17) is 9.47 Å². The van der Waals surface area contributed by atoms with Crippen LogP contribution < -0.4 is 0 Å². The average Bonchev–Trinajstić information content (AvgIpc) is 3.05. The first-order valence-electron chi connectivity index (χ1n) is 6.70. The Morgan fingerprint density at radius 3 is 2.43 bits per heavy atom. The Bertz CT molecular complexity index is 643. The summed E-state index contributed by atoms with van der Waals surface area (Å²) in [5.41, 5.74) is 1.83. The zero-order chi connectivity index (χ0) is 15.4. The molecule has 0 bridgehead atoms. The van der Waals surface area contributed by atoms with E-state index in [2.05, 4.69) is 4.98 Å². The predicted octanol–water partition coefficient (Wildman–Crippen LogP) is 3.41. The van der Waals surface area contributed by atoms with Gasteiger partial charge in [-0.05, 0) is 32.2 Å². The Hall–Kier alpha value is -2.08. The zero-order valence-electron chi connectivity index (χ0n) is 12.2. The molecule has 2 rings (SSSR count). The molecule has 0 unspecified atom stereocenters. The highest BCUT2D eigenvalue weighted by Crippen LogP contribution is 2.34. The Labute approximate surface area is 126 Å². The molecule has 6 heteroatoms. The van der Waals surface area contributed by atoms with E-state index in [1.165, 1.54) is 11.3 Å². The van der Waals surface area contributed by atoms with Crippen LogP contribution in [0.15, 0.2) is 17.5 Å². The van der Waals surface area contributed by atoms with Crippen LogP contribution in [0.25, 0.3) is 10.4 Å². The van der Waals surface area contributed by atoms with Crippen molar-refractivity contribution in [3.05, 3.63) is 34.5 Å². The Morgan fingerprint density at radius 1 is 1.19 bits per heavy atom. The van der Waals surface area contributed by atoms with E-state index in [-0.39, 0.29) is 13.2 Å². The van der Waals surface area contributed by atoms with Crippen LogP contribution in [0.5, 0.6) is 0 Å². The van der Waals surface area contributed by atoms with Gasteiger partial charge in [-0.25, -0.2) is 9.59 Å². The Kier molecular flexibility index (Phi) is 4.80. The van der Waals surface area contributed by atoms with E-state index in [1.807, 2.05) is 17.5 Å². The second kappa shape index (κ2) is 6.58. The molecule has 0 radical (unpaired) electrons. The molecular weight excluding hydrogens is 290 g/mol. The number of aromatic nitrogens is 1. The summed E-state index contributed by atoms with van der Waals surface area (Å²) in [6, 6.07) is 3.73. The third-order valence-corrected chi connectivity index (χ3v) is 3.80. The van der Waals surface area contributed by atoms with E-state index in [1.54, 1.807) is 20.8 Å². The van der Waals surface area contributed by atoms with Crippen molar-refractivity contribution in [1.29, 1.82) is 0 Å². The highest BCUT2D eigenvalue weighted by Gasteiger charge is 2.27. The molecule has 0 aliphatic heterocycles. The van der Waals surface area contributed by atoms with Crippen LogP contribution in [0.4, 0.5) is 0 Å². The van der Waals surface area contributed by atoms with Gasteiger partial charge in [0.25, 0.3) is 0 Å². The molecule has 112 valence electrons. The van der Waals surface area contributed by atoms with Crippen LogP contribution >= 0.6 is 11.3 Å². The van der Waals surface area contributed by atoms with E-state index < -0.39 is 11.9 Å². The van der Waals surface area contributed by atoms with Crippen molar-refractivity contribution in [2.45, 2.75) is 20.8 Å².